The number of anilines is 1. The Morgan fingerprint density at radius 2 is 1.56 bits per heavy atom. The summed E-state index contributed by atoms with van der Waals surface area (Å²) in [4.78, 5) is 17.7. The molecule has 1 aromatic heterocycles. The molecule has 1 unspecified atom stereocenters. The van der Waals surface area contributed by atoms with E-state index in [0.717, 1.165) is 38.1 Å². The molecule has 3 aromatic rings. The van der Waals surface area contributed by atoms with Crippen LogP contribution in [0.25, 0.3) is 0 Å². The Morgan fingerprint density at radius 1 is 0.949 bits per heavy atom. The van der Waals surface area contributed by atoms with Crippen LogP contribution in [-0.4, -0.2) is 43.5 Å². The lowest BCUT2D eigenvalue weighted by Gasteiger charge is -2.36. The summed E-state index contributed by atoms with van der Waals surface area (Å²) in [6.07, 6.45) is -0.592. The zero-order valence-electron chi connectivity index (χ0n) is 20.7. The lowest BCUT2D eigenvalue weighted by atomic mass is 9.77. The molecule has 8 nitrogen and oxygen atoms in total. The van der Waals surface area contributed by atoms with Crippen molar-refractivity contribution in [2.24, 2.45) is 5.41 Å². The number of piperidine rings is 1. The van der Waals surface area contributed by atoms with Crippen molar-refractivity contribution in [3.63, 3.8) is 0 Å². The van der Waals surface area contributed by atoms with Gasteiger partial charge in [-0.2, -0.15) is 0 Å². The van der Waals surface area contributed by atoms with Crippen LogP contribution >= 0.6 is 11.3 Å². The van der Waals surface area contributed by atoms with Gasteiger partial charge in [0.2, 0.25) is 5.91 Å². The van der Waals surface area contributed by atoms with Crippen LogP contribution in [0.1, 0.15) is 32.1 Å². The monoisotopic (exact) mass is 581 g/mol. The molecule has 5 rings (SSSR count). The molecule has 1 saturated heterocycles. The van der Waals surface area contributed by atoms with Crippen molar-refractivity contribution in [1.82, 2.24) is 10.3 Å². The van der Waals surface area contributed by atoms with E-state index in [-0.39, 0.29) is 40.4 Å². The molecule has 39 heavy (non-hydrogen) atoms. The minimum Gasteiger partial charge on any atom is -0.457 e. The number of sulfone groups is 1. The number of benzene rings is 2. The van der Waals surface area contributed by atoms with E-state index in [1.54, 1.807) is 11.6 Å². The van der Waals surface area contributed by atoms with Crippen molar-refractivity contribution in [3.05, 3.63) is 60.1 Å². The van der Waals surface area contributed by atoms with Gasteiger partial charge in [0, 0.05) is 11.6 Å². The fourth-order valence-corrected chi connectivity index (χ4v) is 8.06. The molecular weight excluding hydrogens is 555 g/mol. The second kappa shape index (κ2) is 10.4. The predicted molar refractivity (Wildman–Crippen MR) is 139 cm³/mol. The Bertz CT molecular complexity index is 1410. The topological polar surface area (TPSA) is 107 Å². The largest absolute Gasteiger partial charge is 0.573 e. The smallest absolute Gasteiger partial charge is 0.457 e. The second-order valence-corrected chi connectivity index (χ2v) is 13.0. The summed E-state index contributed by atoms with van der Waals surface area (Å²) in [5, 5.41) is 8.09. The first kappa shape index (κ1) is 27.4. The van der Waals surface area contributed by atoms with E-state index in [1.165, 1.54) is 47.7 Å². The van der Waals surface area contributed by atoms with Crippen molar-refractivity contribution < 1.29 is 35.9 Å². The number of hydrogen-bond acceptors (Lipinski definition) is 8. The van der Waals surface area contributed by atoms with Crippen LogP contribution in [0.5, 0.6) is 17.2 Å². The van der Waals surface area contributed by atoms with E-state index in [4.69, 9.17) is 4.74 Å². The van der Waals surface area contributed by atoms with E-state index in [9.17, 15) is 26.4 Å². The van der Waals surface area contributed by atoms with Crippen LogP contribution in [0.3, 0.4) is 0 Å². The third kappa shape index (κ3) is 5.75. The molecule has 0 bridgehead atoms. The first-order chi connectivity index (χ1) is 18.5. The average molecular weight is 582 g/mol. The van der Waals surface area contributed by atoms with Gasteiger partial charge in [0.25, 0.3) is 0 Å². The number of thiazole rings is 1. The number of nitrogens with zero attached hydrogens (tertiary/aromatic N) is 1. The van der Waals surface area contributed by atoms with Crippen LogP contribution in [0.2, 0.25) is 0 Å². The molecule has 1 aliphatic heterocycles. The van der Waals surface area contributed by atoms with Crippen LogP contribution in [0, 0.1) is 5.41 Å². The zero-order valence-corrected chi connectivity index (χ0v) is 22.3. The van der Waals surface area contributed by atoms with Gasteiger partial charge in [-0.15, -0.1) is 24.5 Å². The lowest BCUT2D eigenvalue weighted by molar-refractivity contribution is -0.274. The van der Waals surface area contributed by atoms with Crippen LogP contribution in [0.4, 0.5) is 18.3 Å². The molecule has 2 N–H and O–H groups in total. The van der Waals surface area contributed by atoms with Gasteiger partial charge < -0.3 is 20.1 Å². The van der Waals surface area contributed by atoms with Crippen molar-refractivity contribution in [1.29, 1.82) is 0 Å². The van der Waals surface area contributed by atoms with Gasteiger partial charge in [0.15, 0.2) is 19.7 Å². The molecule has 1 saturated carbocycles. The predicted octanol–water partition coefficient (Wildman–Crippen LogP) is 5.54. The second-order valence-electron chi connectivity index (χ2n) is 9.81. The summed E-state index contributed by atoms with van der Waals surface area (Å²) in [6.45, 7) is 1.55. The van der Waals surface area contributed by atoms with Gasteiger partial charge in [0.05, 0.1) is 4.90 Å². The fraction of sp³-hybridized carbons (Fsp3) is 0.385. The number of alkyl halides is 3. The number of hydrogen-bond donors (Lipinski definition) is 2. The Morgan fingerprint density at radius 3 is 2.15 bits per heavy atom. The maximum absolute atomic E-state index is 14.1. The van der Waals surface area contributed by atoms with Gasteiger partial charge in [-0.1, -0.05) is 0 Å². The summed E-state index contributed by atoms with van der Waals surface area (Å²) in [6, 6.07) is 10.5. The summed E-state index contributed by atoms with van der Waals surface area (Å²) < 4.78 is 73.3. The van der Waals surface area contributed by atoms with Gasteiger partial charge in [-0.3, -0.25) is 4.79 Å². The zero-order chi connectivity index (χ0) is 27.7. The van der Waals surface area contributed by atoms with Crippen LogP contribution in [0.15, 0.2) is 65.0 Å². The summed E-state index contributed by atoms with van der Waals surface area (Å²) >= 11 is 1.22. The van der Waals surface area contributed by atoms with Crippen molar-refractivity contribution in [2.45, 2.75) is 48.1 Å². The highest BCUT2D eigenvalue weighted by molar-refractivity contribution is 7.93. The van der Waals surface area contributed by atoms with Crippen molar-refractivity contribution in [2.75, 3.05) is 18.4 Å². The van der Waals surface area contributed by atoms with Crippen LogP contribution in [-0.2, 0) is 14.6 Å². The number of halogens is 3. The third-order valence-corrected chi connectivity index (χ3v) is 10.5. The molecule has 1 spiro atoms. The molecular formula is C26H26F3N3O5S2. The summed E-state index contributed by atoms with van der Waals surface area (Å²) in [5.41, 5.74) is -0.233. The molecule has 208 valence electrons. The molecule has 1 amide bonds. The molecule has 2 heterocycles. The van der Waals surface area contributed by atoms with E-state index in [2.05, 4.69) is 20.4 Å². The Hall–Kier alpha value is -3.16. The number of carbonyl (C=O) groups excluding carboxylic acids is 1. The first-order valence-corrected chi connectivity index (χ1v) is 14.7. The van der Waals surface area contributed by atoms with E-state index >= 15 is 0 Å². The number of nitrogens with one attached hydrogen (secondary N) is 2. The quantitative estimate of drug-likeness (QED) is 0.377. The van der Waals surface area contributed by atoms with E-state index in [1.807, 2.05) is 0 Å². The Labute approximate surface area is 227 Å². The molecule has 2 fully saturated rings. The SMILES string of the molecule is O=C(Nc1nccs1)C1(S(=O)(=O)c2ccc(Oc3ccc(OC(F)(F)F)cc3)cc2)CCC2(CCNCC2)C1. The molecule has 2 aromatic carbocycles. The maximum Gasteiger partial charge on any atom is 0.573 e. The minimum atomic E-state index is -4.80. The number of rotatable bonds is 7. The summed E-state index contributed by atoms with van der Waals surface area (Å²) in [7, 11) is -4.12. The normalized spacial score (nSPS) is 21.0. The highest BCUT2D eigenvalue weighted by Gasteiger charge is 2.60. The third-order valence-electron chi connectivity index (χ3n) is 7.39. The standard InChI is InChI=1S/C26H26F3N3O5S2/c27-26(28,29)37-20-3-1-18(2-4-20)36-19-5-7-21(8-6-19)39(34,35)25(22(33)32-23-31-15-16-38-23)10-9-24(17-25)11-13-30-14-12-24/h1-8,15-16,30H,9-14,17H2,(H,31,32,33). The molecule has 1 aliphatic carbocycles. The number of ether oxygens (including phenoxy) is 2. The minimum absolute atomic E-state index is 0.0101. The highest BCUT2D eigenvalue weighted by Crippen LogP contribution is 2.54. The van der Waals surface area contributed by atoms with E-state index < -0.39 is 26.9 Å². The first-order valence-electron chi connectivity index (χ1n) is 12.3. The molecule has 2 aliphatic rings. The lowest BCUT2D eigenvalue weighted by Crippen LogP contribution is -2.49. The fourth-order valence-electron chi connectivity index (χ4n) is 5.43. The number of aromatic nitrogens is 1. The van der Waals surface area contributed by atoms with Crippen LogP contribution < -0.4 is 20.1 Å². The van der Waals surface area contributed by atoms with Gasteiger partial charge in [0.1, 0.15) is 17.2 Å². The van der Waals surface area contributed by atoms with Gasteiger partial charge in [-0.05, 0) is 99.1 Å². The van der Waals surface area contributed by atoms with Crippen molar-refractivity contribution in [3.8, 4) is 17.2 Å². The van der Waals surface area contributed by atoms with E-state index in [0.29, 0.717) is 11.6 Å². The average Bonchev–Trinajstić information content (AvgIpc) is 3.54. The maximum atomic E-state index is 14.1. The highest BCUT2D eigenvalue weighted by atomic mass is 32.2. The summed E-state index contributed by atoms with van der Waals surface area (Å²) in [5.74, 6) is -0.445. The number of carbonyl (C=O) groups is 1. The van der Waals surface area contributed by atoms with Crippen molar-refractivity contribution >= 4 is 32.2 Å². The Kier molecular flexibility index (Phi) is 7.33. The molecule has 0 radical (unpaired) electrons. The number of amides is 1. The van der Waals surface area contributed by atoms with Gasteiger partial charge in [-0.25, -0.2) is 13.4 Å². The molecule has 1 atom stereocenters. The molecule has 13 heteroatoms. The van der Waals surface area contributed by atoms with Gasteiger partial charge >= 0.3 is 6.36 Å². The Balaban J connectivity index is 1.38.